The summed E-state index contributed by atoms with van der Waals surface area (Å²) in [4.78, 5) is 42.8. The van der Waals surface area contributed by atoms with Crippen molar-refractivity contribution in [1.82, 2.24) is 9.88 Å². The monoisotopic (exact) mass is 430 g/mol. The number of amides is 3. The maximum atomic E-state index is 12.6. The Kier molecular flexibility index (Phi) is 4.45. The van der Waals surface area contributed by atoms with E-state index in [2.05, 4.69) is 10.3 Å². The lowest BCUT2D eigenvalue weighted by molar-refractivity contribution is -0.119. The van der Waals surface area contributed by atoms with Gasteiger partial charge in [0.05, 0.1) is 26.2 Å². The van der Waals surface area contributed by atoms with Gasteiger partial charge < -0.3 is 5.32 Å². The number of carbonyl (C=O) groups excluding carboxylic acids is 3. The highest BCUT2D eigenvalue weighted by atomic mass is 32.2. The first-order valence-electron chi connectivity index (χ1n) is 8.38. The summed E-state index contributed by atoms with van der Waals surface area (Å²) in [6.07, 6.45) is 0. The third kappa shape index (κ3) is 3.28. The van der Waals surface area contributed by atoms with Crippen LogP contribution in [0.5, 0.6) is 0 Å². The quantitative estimate of drug-likeness (QED) is 0.602. The molecule has 1 aliphatic heterocycles. The fourth-order valence-electron chi connectivity index (χ4n) is 3.02. The van der Waals surface area contributed by atoms with Gasteiger partial charge in [0.15, 0.2) is 5.13 Å². The largest absolute Gasteiger partial charge is 0.300 e. The van der Waals surface area contributed by atoms with Gasteiger partial charge in [-0.2, -0.15) is 0 Å². The molecular weight excluding hydrogens is 416 g/mol. The first-order valence-corrected chi connectivity index (χ1v) is 10.7. The molecule has 1 unspecified atom stereocenters. The molecule has 3 N–H and O–H groups in total. The summed E-state index contributed by atoms with van der Waals surface area (Å²) in [6, 6.07) is 9.48. The molecule has 0 spiro atoms. The van der Waals surface area contributed by atoms with Gasteiger partial charge in [0.2, 0.25) is 15.9 Å². The van der Waals surface area contributed by atoms with E-state index in [9.17, 15) is 22.8 Å². The van der Waals surface area contributed by atoms with E-state index in [1.165, 1.54) is 37.3 Å². The average molecular weight is 430 g/mol. The lowest BCUT2D eigenvalue weighted by atomic mass is 10.1. The van der Waals surface area contributed by atoms with Gasteiger partial charge in [0.1, 0.15) is 6.04 Å². The van der Waals surface area contributed by atoms with Crippen molar-refractivity contribution in [1.29, 1.82) is 0 Å². The zero-order valence-corrected chi connectivity index (χ0v) is 16.6. The number of sulfonamides is 1. The topological polar surface area (TPSA) is 140 Å². The van der Waals surface area contributed by atoms with Gasteiger partial charge in [0, 0.05) is 0 Å². The van der Waals surface area contributed by atoms with Crippen LogP contribution in [0.15, 0.2) is 47.4 Å². The van der Waals surface area contributed by atoms with Crippen molar-refractivity contribution >= 4 is 54.4 Å². The first kappa shape index (κ1) is 19.2. The number of nitrogens with one attached hydrogen (secondary N) is 1. The molecule has 29 heavy (non-hydrogen) atoms. The average Bonchev–Trinajstić information content (AvgIpc) is 3.18. The highest BCUT2D eigenvalue weighted by Gasteiger charge is 2.40. The molecular formula is C18H14N4O5S2. The van der Waals surface area contributed by atoms with E-state index in [4.69, 9.17) is 5.14 Å². The van der Waals surface area contributed by atoms with E-state index >= 15 is 0 Å². The number of hydrogen-bond acceptors (Lipinski definition) is 7. The first-order chi connectivity index (χ1) is 13.7. The molecule has 0 aliphatic carbocycles. The Morgan fingerprint density at radius 2 is 1.76 bits per heavy atom. The number of carbonyl (C=O) groups is 3. The Hall–Kier alpha value is -3.15. The second-order valence-electron chi connectivity index (χ2n) is 6.38. The Morgan fingerprint density at radius 1 is 1.14 bits per heavy atom. The maximum Gasteiger partial charge on any atom is 0.262 e. The lowest BCUT2D eigenvalue weighted by Gasteiger charge is -2.21. The summed E-state index contributed by atoms with van der Waals surface area (Å²) in [5.41, 5.74) is 0.992. The number of rotatable bonds is 4. The summed E-state index contributed by atoms with van der Waals surface area (Å²) in [5, 5.41) is 7.91. The molecule has 2 heterocycles. The molecule has 0 saturated carbocycles. The normalized spacial score (nSPS) is 14.9. The van der Waals surface area contributed by atoms with Crippen LogP contribution < -0.4 is 10.5 Å². The Labute approximate surface area is 169 Å². The van der Waals surface area contributed by atoms with Crippen LogP contribution in [-0.2, 0) is 14.8 Å². The van der Waals surface area contributed by atoms with Gasteiger partial charge in [0.25, 0.3) is 11.8 Å². The fraction of sp³-hybridized carbons (Fsp3) is 0.111. The van der Waals surface area contributed by atoms with Crippen molar-refractivity contribution in [2.45, 2.75) is 17.9 Å². The SMILES string of the molecule is CC(C(=O)Nc1nc2ccc(S(N)(=O)=O)cc2s1)N1C(=O)c2ccccc2C1=O. The van der Waals surface area contributed by atoms with Gasteiger partial charge in [-0.3, -0.25) is 19.3 Å². The van der Waals surface area contributed by atoms with Crippen molar-refractivity contribution in [3.8, 4) is 0 Å². The Balaban J connectivity index is 1.57. The van der Waals surface area contributed by atoms with E-state index in [-0.39, 0.29) is 21.2 Å². The molecule has 2 aromatic carbocycles. The summed E-state index contributed by atoms with van der Waals surface area (Å²) < 4.78 is 23.5. The minimum absolute atomic E-state index is 0.0640. The second-order valence-corrected chi connectivity index (χ2v) is 8.98. The highest BCUT2D eigenvalue weighted by Crippen LogP contribution is 2.29. The zero-order valence-electron chi connectivity index (χ0n) is 14.9. The summed E-state index contributed by atoms with van der Waals surface area (Å²) >= 11 is 1.05. The number of aromatic nitrogens is 1. The number of primary sulfonamides is 1. The molecule has 4 rings (SSSR count). The smallest absolute Gasteiger partial charge is 0.262 e. The van der Waals surface area contributed by atoms with Crippen LogP contribution in [0.4, 0.5) is 5.13 Å². The number of thiazole rings is 1. The summed E-state index contributed by atoms with van der Waals surface area (Å²) in [7, 11) is -3.86. The van der Waals surface area contributed by atoms with Gasteiger partial charge in [-0.15, -0.1) is 0 Å². The van der Waals surface area contributed by atoms with E-state index in [0.29, 0.717) is 10.2 Å². The van der Waals surface area contributed by atoms with E-state index in [1.54, 1.807) is 12.1 Å². The van der Waals surface area contributed by atoms with Crippen molar-refractivity contribution in [3.05, 3.63) is 53.6 Å². The van der Waals surface area contributed by atoms with Crippen LogP contribution in [-0.4, -0.2) is 42.1 Å². The number of nitrogens with two attached hydrogens (primary N) is 1. The third-order valence-corrected chi connectivity index (χ3v) is 6.36. The molecule has 1 aliphatic rings. The third-order valence-electron chi connectivity index (χ3n) is 4.51. The van der Waals surface area contributed by atoms with Crippen molar-refractivity contribution in [2.24, 2.45) is 5.14 Å². The fourth-order valence-corrected chi connectivity index (χ4v) is 4.54. The second kappa shape index (κ2) is 6.72. The van der Waals surface area contributed by atoms with Crippen LogP contribution in [0, 0.1) is 0 Å². The lowest BCUT2D eigenvalue weighted by Crippen LogP contribution is -2.45. The molecule has 1 aromatic heterocycles. The van der Waals surface area contributed by atoms with Crippen LogP contribution >= 0.6 is 11.3 Å². The molecule has 0 radical (unpaired) electrons. The maximum absolute atomic E-state index is 12.6. The minimum Gasteiger partial charge on any atom is -0.300 e. The van der Waals surface area contributed by atoms with Crippen molar-refractivity contribution in [3.63, 3.8) is 0 Å². The van der Waals surface area contributed by atoms with Crippen LogP contribution in [0.1, 0.15) is 27.6 Å². The molecule has 9 nitrogen and oxygen atoms in total. The van der Waals surface area contributed by atoms with Gasteiger partial charge in [-0.25, -0.2) is 18.5 Å². The Morgan fingerprint density at radius 3 is 2.34 bits per heavy atom. The predicted octanol–water partition coefficient (Wildman–Crippen LogP) is 1.57. The van der Waals surface area contributed by atoms with Crippen molar-refractivity contribution < 1.29 is 22.8 Å². The number of hydrogen-bond donors (Lipinski definition) is 2. The van der Waals surface area contributed by atoms with E-state index in [1.807, 2.05) is 0 Å². The van der Waals surface area contributed by atoms with Crippen LogP contribution in [0.3, 0.4) is 0 Å². The molecule has 0 bridgehead atoms. The van der Waals surface area contributed by atoms with Crippen molar-refractivity contribution in [2.75, 3.05) is 5.32 Å². The predicted molar refractivity (Wildman–Crippen MR) is 106 cm³/mol. The zero-order chi connectivity index (χ0) is 20.9. The molecule has 3 amide bonds. The molecule has 3 aromatic rings. The minimum atomic E-state index is -3.86. The number of imide groups is 1. The van der Waals surface area contributed by atoms with E-state index < -0.39 is 33.8 Å². The van der Waals surface area contributed by atoms with Gasteiger partial charge >= 0.3 is 0 Å². The molecule has 0 fully saturated rings. The summed E-state index contributed by atoms with van der Waals surface area (Å²) in [6.45, 7) is 1.45. The summed E-state index contributed by atoms with van der Waals surface area (Å²) in [5.74, 6) is -1.66. The molecule has 0 saturated heterocycles. The van der Waals surface area contributed by atoms with Gasteiger partial charge in [-0.1, -0.05) is 23.5 Å². The van der Waals surface area contributed by atoms with Gasteiger partial charge in [-0.05, 0) is 37.3 Å². The molecule has 148 valence electrons. The van der Waals surface area contributed by atoms with Crippen LogP contribution in [0.2, 0.25) is 0 Å². The number of benzene rings is 2. The molecule has 11 heteroatoms. The van der Waals surface area contributed by atoms with E-state index in [0.717, 1.165) is 16.2 Å². The Bertz CT molecular complexity index is 1260. The standard InChI is InChI=1S/C18H14N4O5S2/c1-9(22-16(24)11-4-2-3-5-12(11)17(22)25)15(23)21-18-20-13-7-6-10(29(19,26)27)8-14(13)28-18/h2-9H,1H3,(H2,19,26,27)(H,20,21,23). The number of nitrogens with zero attached hydrogens (tertiary/aromatic N) is 2. The number of anilines is 1. The van der Waals surface area contributed by atoms with Crippen LogP contribution in [0.25, 0.3) is 10.2 Å². The highest BCUT2D eigenvalue weighted by molar-refractivity contribution is 7.89. The number of fused-ring (bicyclic) bond motifs is 2. The molecule has 1 atom stereocenters.